The maximum Gasteiger partial charge on any atom is 0.183 e. The van der Waals surface area contributed by atoms with Crippen LogP contribution in [-0.4, -0.2) is 19.8 Å². The van der Waals surface area contributed by atoms with Gasteiger partial charge in [0.05, 0.1) is 22.4 Å². The zero-order chi connectivity index (χ0) is 17.2. The first-order valence-electron chi connectivity index (χ1n) is 8.48. The SMILES string of the molecule is CC(C)C[C@H]1O[C@@H](c2ccccc2)C[C@@H]1S(=O)(=O)c1ccccc1. The van der Waals surface area contributed by atoms with E-state index < -0.39 is 15.1 Å². The lowest BCUT2D eigenvalue weighted by atomic mass is 10.0. The van der Waals surface area contributed by atoms with Crippen LogP contribution in [0.4, 0.5) is 0 Å². The van der Waals surface area contributed by atoms with E-state index in [1.54, 1.807) is 24.3 Å². The Morgan fingerprint density at radius 2 is 1.58 bits per heavy atom. The number of ether oxygens (including phenoxy) is 1. The molecule has 0 aromatic heterocycles. The highest BCUT2D eigenvalue weighted by atomic mass is 32.2. The Morgan fingerprint density at radius 1 is 1.00 bits per heavy atom. The van der Waals surface area contributed by atoms with Crippen molar-refractivity contribution < 1.29 is 13.2 Å². The lowest BCUT2D eigenvalue weighted by Gasteiger charge is -2.20. The van der Waals surface area contributed by atoms with Crippen molar-refractivity contribution >= 4 is 9.84 Å². The molecule has 0 amide bonds. The summed E-state index contributed by atoms with van der Waals surface area (Å²) < 4.78 is 32.4. The van der Waals surface area contributed by atoms with Crippen LogP contribution in [0, 0.1) is 5.92 Å². The summed E-state index contributed by atoms with van der Waals surface area (Å²) in [5.74, 6) is 0.387. The molecule has 0 spiro atoms. The predicted molar refractivity (Wildman–Crippen MR) is 95.5 cm³/mol. The van der Waals surface area contributed by atoms with E-state index in [0.717, 1.165) is 12.0 Å². The molecule has 24 heavy (non-hydrogen) atoms. The van der Waals surface area contributed by atoms with E-state index in [-0.39, 0.29) is 12.2 Å². The summed E-state index contributed by atoms with van der Waals surface area (Å²) in [5.41, 5.74) is 1.05. The van der Waals surface area contributed by atoms with E-state index in [1.165, 1.54) is 0 Å². The van der Waals surface area contributed by atoms with E-state index in [1.807, 2.05) is 36.4 Å². The van der Waals surface area contributed by atoms with Crippen molar-refractivity contribution in [2.75, 3.05) is 0 Å². The molecule has 0 bridgehead atoms. The molecule has 0 radical (unpaired) electrons. The molecule has 0 N–H and O–H groups in total. The second-order valence-corrected chi connectivity index (χ2v) is 9.00. The average Bonchev–Trinajstić information content (AvgIpc) is 3.00. The smallest absolute Gasteiger partial charge is 0.183 e. The minimum Gasteiger partial charge on any atom is -0.369 e. The van der Waals surface area contributed by atoms with Crippen molar-refractivity contribution in [2.24, 2.45) is 5.92 Å². The quantitative estimate of drug-likeness (QED) is 0.807. The highest BCUT2D eigenvalue weighted by Crippen LogP contribution is 2.40. The van der Waals surface area contributed by atoms with Crippen LogP contribution >= 0.6 is 0 Å². The minimum absolute atomic E-state index is 0.154. The van der Waals surface area contributed by atoms with Gasteiger partial charge in [0.15, 0.2) is 9.84 Å². The van der Waals surface area contributed by atoms with Crippen molar-refractivity contribution in [1.82, 2.24) is 0 Å². The Labute approximate surface area is 144 Å². The monoisotopic (exact) mass is 344 g/mol. The number of hydrogen-bond acceptors (Lipinski definition) is 3. The first kappa shape index (κ1) is 17.2. The summed E-state index contributed by atoms with van der Waals surface area (Å²) in [7, 11) is -3.40. The third kappa shape index (κ3) is 3.55. The van der Waals surface area contributed by atoms with Gasteiger partial charge in [-0.25, -0.2) is 8.42 Å². The summed E-state index contributed by atoms with van der Waals surface area (Å²) in [5, 5.41) is -0.493. The van der Waals surface area contributed by atoms with E-state index >= 15 is 0 Å². The number of rotatable bonds is 5. The second kappa shape index (κ2) is 7.08. The maximum absolute atomic E-state index is 13.1. The van der Waals surface area contributed by atoms with E-state index in [4.69, 9.17) is 4.74 Å². The molecule has 0 aliphatic carbocycles. The van der Waals surface area contributed by atoms with Crippen LogP contribution in [0.25, 0.3) is 0 Å². The highest BCUT2D eigenvalue weighted by Gasteiger charge is 2.44. The lowest BCUT2D eigenvalue weighted by molar-refractivity contribution is 0.0339. The van der Waals surface area contributed by atoms with E-state index in [0.29, 0.717) is 17.2 Å². The molecule has 128 valence electrons. The van der Waals surface area contributed by atoms with Gasteiger partial charge >= 0.3 is 0 Å². The normalized spacial score (nSPS) is 24.4. The van der Waals surface area contributed by atoms with Crippen molar-refractivity contribution in [1.29, 1.82) is 0 Å². The maximum atomic E-state index is 13.1. The van der Waals surface area contributed by atoms with Gasteiger partial charge in [0.1, 0.15) is 0 Å². The largest absolute Gasteiger partial charge is 0.369 e. The molecule has 2 aromatic carbocycles. The Morgan fingerprint density at radius 3 is 2.17 bits per heavy atom. The lowest BCUT2D eigenvalue weighted by Crippen LogP contribution is -2.31. The van der Waals surface area contributed by atoms with Crippen LogP contribution in [0.1, 0.15) is 38.4 Å². The van der Waals surface area contributed by atoms with Gasteiger partial charge in [-0.15, -0.1) is 0 Å². The predicted octanol–water partition coefficient (Wildman–Crippen LogP) is 4.41. The Hall–Kier alpha value is -1.65. The molecule has 0 unspecified atom stereocenters. The van der Waals surface area contributed by atoms with Gasteiger partial charge in [-0.05, 0) is 36.5 Å². The summed E-state index contributed by atoms with van der Waals surface area (Å²) in [6, 6.07) is 18.7. The summed E-state index contributed by atoms with van der Waals surface area (Å²) in [4.78, 5) is 0.390. The molecule has 3 nitrogen and oxygen atoms in total. The molecule has 3 atom stereocenters. The third-order valence-electron chi connectivity index (χ3n) is 4.55. The van der Waals surface area contributed by atoms with Crippen molar-refractivity contribution in [2.45, 2.75) is 49.0 Å². The van der Waals surface area contributed by atoms with Crippen molar-refractivity contribution in [3.8, 4) is 0 Å². The van der Waals surface area contributed by atoms with Crippen LogP contribution in [0.2, 0.25) is 0 Å². The Bertz CT molecular complexity index is 754. The average molecular weight is 344 g/mol. The molecule has 3 rings (SSSR count). The van der Waals surface area contributed by atoms with Gasteiger partial charge in [0, 0.05) is 0 Å². The number of sulfone groups is 1. The zero-order valence-electron chi connectivity index (χ0n) is 14.1. The molecular formula is C20H24O3S. The minimum atomic E-state index is -3.40. The molecule has 4 heteroatoms. The zero-order valence-corrected chi connectivity index (χ0v) is 14.9. The van der Waals surface area contributed by atoms with Crippen LogP contribution in [-0.2, 0) is 14.6 Å². The van der Waals surface area contributed by atoms with Gasteiger partial charge in [-0.2, -0.15) is 0 Å². The van der Waals surface area contributed by atoms with Crippen LogP contribution in [0.5, 0.6) is 0 Å². The van der Waals surface area contributed by atoms with Crippen LogP contribution in [0.3, 0.4) is 0 Å². The molecule has 1 heterocycles. The first-order valence-corrected chi connectivity index (χ1v) is 10.0. The Kier molecular flexibility index (Phi) is 5.07. The van der Waals surface area contributed by atoms with Gasteiger partial charge in [0.25, 0.3) is 0 Å². The fourth-order valence-electron chi connectivity index (χ4n) is 3.38. The molecule has 1 fully saturated rings. The topological polar surface area (TPSA) is 43.4 Å². The standard InChI is InChI=1S/C20H24O3S/c1-15(2)13-19-20(24(21,22)17-11-7-4-8-12-17)14-18(23-19)16-9-5-3-6-10-16/h3-12,15,18-20H,13-14H2,1-2H3/t18-,19-,20+/m1/s1. The van der Waals surface area contributed by atoms with Crippen LogP contribution < -0.4 is 0 Å². The molecule has 1 aliphatic rings. The number of hydrogen-bond donors (Lipinski definition) is 0. The molecular weight excluding hydrogens is 320 g/mol. The molecule has 1 saturated heterocycles. The Balaban J connectivity index is 1.92. The fraction of sp³-hybridized carbons (Fsp3) is 0.400. The van der Waals surface area contributed by atoms with Gasteiger partial charge in [-0.3, -0.25) is 0 Å². The first-order chi connectivity index (χ1) is 11.5. The van der Waals surface area contributed by atoms with Gasteiger partial charge in [-0.1, -0.05) is 62.4 Å². The molecule has 2 aromatic rings. The van der Waals surface area contributed by atoms with E-state index in [9.17, 15) is 8.42 Å². The summed E-state index contributed by atoms with van der Waals surface area (Å²) in [6.07, 6.45) is 0.845. The van der Waals surface area contributed by atoms with Crippen LogP contribution in [0.15, 0.2) is 65.6 Å². The summed E-state index contributed by atoms with van der Waals surface area (Å²) in [6.45, 7) is 4.21. The number of benzene rings is 2. The third-order valence-corrected chi connectivity index (χ3v) is 6.77. The molecule has 0 saturated carbocycles. The van der Waals surface area contributed by atoms with Crippen molar-refractivity contribution in [3.05, 3.63) is 66.2 Å². The fourth-order valence-corrected chi connectivity index (χ4v) is 5.27. The highest BCUT2D eigenvalue weighted by molar-refractivity contribution is 7.92. The van der Waals surface area contributed by atoms with Gasteiger partial charge < -0.3 is 4.74 Å². The summed E-state index contributed by atoms with van der Waals surface area (Å²) >= 11 is 0. The molecule has 1 aliphatic heterocycles. The van der Waals surface area contributed by atoms with Crippen molar-refractivity contribution in [3.63, 3.8) is 0 Å². The second-order valence-electron chi connectivity index (χ2n) is 6.84. The van der Waals surface area contributed by atoms with Gasteiger partial charge in [0.2, 0.25) is 0 Å². The van der Waals surface area contributed by atoms with E-state index in [2.05, 4.69) is 13.8 Å².